The molecule has 0 fully saturated rings. The molecule has 172 valence electrons. The van der Waals surface area contributed by atoms with Gasteiger partial charge in [0.15, 0.2) is 12.3 Å². The average molecular weight is 484 g/mol. The van der Waals surface area contributed by atoms with Crippen LogP contribution in [0.4, 0.5) is 19.9 Å². The van der Waals surface area contributed by atoms with Gasteiger partial charge in [0.05, 0.1) is 23.6 Å². The first kappa shape index (κ1) is 24.1. The summed E-state index contributed by atoms with van der Waals surface area (Å²) in [4.78, 5) is 8.27. The van der Waals surface area contributed by atoms with Crippen molar-refractivity contribution in [3.63, 3.8) is 0 Å². The van der Waals surface area contributed by atoms with Gasteiger partial charge in [-0.1, -0.05) is 13.8 Å². The average Bonchev–Trinajstić information content (AvgIpc) is 3.21. The van der Waals surface area contributed by atoms with Crippen LogP contribution in [0.2, 0.25) is 0 Å². The van der Waals surface area contributed by atoms with Crippen molar-refractivity contribution in [1.29, 1.82) is 0 Å². The summed E-state index contributed by atoms with van der Waals surface area (Å²) < 4.78 is 46.5. The van der Waals surface area contributed by atoms with Gasteiger partial charge in [-0.2, -0.15) is 4.98 Å². The molecule has 3 rings (SSSR count). The van der Waals surface area contributed by atoms with Crippen molar-refractivity contribution >= 4 is 34.8 Å². The molecule has 12 heteroatoms. The number of pyridine rings is 1. The van der Waals surface area contributed by atoms with Crippen LogP contribution in [-0.4, -0.2) is 47.9 Å². The molecular formula is C20H23F2N5O3S2. The molecule has 0 aliphatic rings. The monoisotopic (exact) mass is 483 g/mol. The molecule has 0 saturated carbocycles. The predicted molar refractivity (Wildman–Crippen MR) is 121 cm³/mol. The van der Waals surface area contributed by atoms with Gasteiger partial charge in [0.25, 0.3) is 0 Å². The number of aliphatic hydroxyl groups excluding tert-OH is 1. The van der Waals surface area contributed by atoms with Gasteiger partial charge in [-0.3, -0.25) is 4.21 Å². The fourth-order valence-electron chi connectivity index (χ4n) is 3.04. The summed E-state index contributed by atoms with van der Waals surface area (Å²) in [6.45, 7) is 3.68. The van der Waals surface area contributed by atoms with E-state index in [0.29, 0.717) is 34.7 Å². The van der Waals surface area contributed by atoms with E-state index in [1.807, 2.05) is 13.8 Å². The summed E-state index contributed by atoms with van der Waals surface area (Å²) >= 11 is -0.205. The molecule has 32 heavy (non-hydrogen) atoms. The van der Waals surface area contributed by atoms with Gasteiger partial charge in [0.2, 0.25) is 17.0 Å². The van der Waals surface area contributed by atoms with Crippen molar-refractivity contribution in [3.05, 3.63) is 41.8 Å². The number of ether oxygens (including phenoxy) is 1. The number of methoxy groups -OCH3 is 1. The Balaban J connectivity index is 2.11. The Morgan fingerprint density at radius 1 is 1.34 bits per heavy atom. The van der Waals surface area contributed by atoms with E-state index in [0.717, 1.165) is 4.09 Å². The maximum absolute atomic E-state index is 14.5. The molecule has 0 amide bonds. The molecule has 0 aliphatic carbocycles. The summed E-state index contributed by atoms with van der Waals surface area (Å²) in [6.07, 6.45) is 1.84. The standard InChI is InChI=1S/C20H23F2N5O3S2/c1-12(2)15-10-14(21)11-16(13-5-6-23-17(9-13)30-3)18(15)24-19-25-20(26-27(19)31-22)32(29)8-4-7-28/h5-6,9-12,28H,4,7-8H2,1-3H3,(H,24,25,26). The molecule has 0 spiro atoms. The zero-order valence-corrected chi connectivity index (χ0v) is 19.3. The highest BCUT2D eigenvalue weighted by Crippen LogP contribution is 2.38. The summed E-state index contributed by atoms with van der Waals surface area (Å²) in [6, 6.07) is 6.12. The SMILES string of the molecule is COc1cc(-c2cc(F)cc(C(C)C)c2Nc2nc(S(=O)CCCO)nn2SF)ccn1. The number of aromatic nitrogens is 4. The Kier molecular flexibility index (Phi) is 8.15. The number of hydrogen-bond acceptors (Lipinski definition) is 8. The first-order valence-corrected chi connectivity index (χ1v) is 11.7. The lowest BCUT2D eigenvalue weighted by Gasteiger charge is -2.19. The van der Waals surface area contributed by atoms with Crippen molar-refractivity contribution in [2.75, 3.05) is 24.8 Å². The smallest absolute Gasteiger partial charge is 0.241 e. The number of aliphatic hydroxyl groups is 1. The molecule has 2 N–H and O–H groups in total. The second-order valence-corrected chi connectivity index (χ2v) is 9.02. The molecule has 8 nitrogen and oxygen atoms in total. The molecule has 0 saturated heterocycles. The summed E-state index contributed by atoms with van der Waals surface area (Å²) in [5, 5.41) is 15.9. The third kappa shape index (κ3) is 5.43. The number of hydrogen-bond donors (Lipinski definition) is 2. The molecule has 0 aliphatic heterocycles. The third-order valence-electron chi connectivity index (χ3n) is 4.56. The van der Waals surface area contributed by atoms with Crippen LogP contribution in [0.3, 0.4) is 0 Å². The molecule has 1 atom stereocenters. The highest BCUT2D eigenvalue weighted by molar-refractivity contribution is 7.92. The van der Waals surface area contributed by atoms with Crippen LogP contribution in [0.1, 0.15) is 31.7 Å². The van der Waals surface area contributed by atoms with E-state index in [1.165, 1.54) is 19.2 Å². The van der Waals surface area contributed by atoms with E-state index < -0.39 is 16.6 Å². The highest BCUT2D eigenvalue weighted by atomic mass is 32.2. The lowest BCUT2D eigenvalue weighted by atomic mass is 9.94. The van der Waals surface area contributed by atoms with Gasteiger partial charge < -0.3 is 15.2 Å². The molecule has 1 aromatic carbocycles. The zero-order valence-electron chi connectivity index (χ0n) is 17.7. The molecule has 3 aromatic rings. The molecule has 0 radical (unpaired) electrons. The van der Waals surface area contributed by atoms with Gasteiger partial charge in [-0.15, -0.1) is 13.1 Å². The Bertz CT molecular complexity index is 1110. The van der Waals surface area contributed by atoms with E-state index in [2.05, 4.69) is 20.4 Å². The first-order chi connectivity index (χ1) is 15.4. The van der Waals surface area contributed by atoms with Crippen LogP contribution >= 0.6 is 12.3 Å². The number of rotatable bonds is 10. The van der Waals surface area contributed by atoms with Crippen LogP contribution in [0.5, 0.6) is 5.88 Å². The van der Waals surface area contributed by atoms with Gasteiger partial charge in [-0.05, 0) is 41.7 Å². The Labute approximate surface area is 191 Å². The summed E-state index contributed by atoms with van der Waals surface area (Å²) in [5.41, 5.74) is 2.27. The van der Waals surface area contributed by atoms with Gasteiger partial charge in [0.1, 0.15) is 5.82 Å². The Morgan fingerprint density at radius 3 is 2.78 bits per heavy atom. The molecule has 1 unspecified atom stereocenters. The minimum absolute atomic E-state index is 0.000581. The lowest BCUT2D eigenvalue weighted by Crippen LogP contribution is -2.05. The number of benzene rings is 1. The zero-order chi connectivity index (χ0) is 23.3. The van der Waals surface area contributed by atoms with Gasteiger partial charge in [-0.25, -0.2) is 9.37 Å². The molecule has 2 aromatic heterocycles. The maximum atomic E-state index is 14.5. The predicted octanol–water partition coefficient (Wildman–Crippen LogP) is 4.23. The molecular weight excluding hydrogens is 460 g/mol. The minimum atomic E-state index is -1.60. The first-order valence-electron chi connectivity index (χ1n) is 9.74. The molecule has 0 bridgehead atoms. The highest BCUT2D eigenvalue weighted by Gasteiger charge is 2.21. The number of anilines is 2. The quantitative estimate of drug-likeness (QED) is 0.442. The number of nitrogens with zero attached hydrogens (tertiary/aromatic N) is 4. The third-order valence-corrected chi connectivity index (χ3v) is 6.19. The fraction of sp³-hybridized carbons (Fsp3) is 0.350. The van der Waals surface area contributed by atoms with E-state index >= 15 is 0 Å². The van der Waals surface area contributed by atoms with E-state index in [4.69, 9.17) is 9.84 Å². The van der Waals surface area contributed by atoms with Gasteiger partial charge >= 0.3 is 0 Å². The van der Waals surface area contributed by atoms with Crippen LogP contribution < -0.4 is 10.1 Å². The van der Waals surface area contributed by atoms with E-state index in [9.17, 15) is 12.5 Å². The largest absolute Gasteiger partial charge is 0.481 e. The lowest BCUT2D eigenvalue weighted by molar-refractivity contribution is 0.296. The van der Waals surface area contributed by atoms with Crippen LogP contribution in [0.25, 0.3) is 11.1 Å². The maximum Gasteiger partial charge on any atom is 0.241 e. The van der Waals surface area contributed by atoms with E-state index in [-0.39, 0.29) is 41.7 Å². The van der Waals surface area contributed by atoms with Crippen LogP contribution in [0, 0.1) is 5.82 Å². The topological polar surface area (TPSA) is 102 Å². The van der Waals surface area contributed by atoms with Crippen molar-refractivity contribution in [2.45, 2.75) is 31.3 Å². The van der Waals surface area contributed by atoms with Crippen LogP contribution in [0.15, 0.2) is 35.6 Å². The van der Waals surface area contributed by atoms with Crippen molar-refractivity contribution in [1.82, 2.24) is 19.2 Å². The summed E-state index contributed by atoms with van der Waals surface area (Å²) in [5.74, 6) is -0.0128. The fourth-order valence-corrected chi connectivity index (χ4v) is 4.29. The van der Waals surface area contributed by atoms with Gasteiger partial charge in [0, 0.05) is 30.2 Å². The second kappa shape index (κ2) is 10.8. The van der Waals surface area contributed by atoms with E-state index in [1.54, 1.807) is 18.3 Å². The second-order valence-electron chi connectivity index (χ2n) is 7.07. The number of halogens is 2. The summed E-state index contributed by atoms with van der Waals surface area (Å²) in [7, 11) is -0.122. The minimum Gasteiger partial charge on any atom is -0.481 e. The Morgan fingerprint density at radius 2 is 2.12 bits per heavy atom. The Hall–Kier alpha value is -2.57. The molecule has 2 heterocycles. The van der Waals surface area contributed by atoms with Crippen molar-refractivity contribution < 1.29 is 22.3 Å². The van der Waals surface area contributed by atoms with Crippen LogP contribution in [-0.2, 0) is 10.8 Å². The normalized spacial score (nSPS) is 12.2. The van der Waals surface area contributed by atoms with Crippen molar-refractivity contribution in [3.8, 4) is 17.0 Å². The number of nitrogens with one attached hydrogen (secondary N) is 1. The van der Waals surface area contributed by atoms with Crippen molar-refractivity contribution in [2.24, 2.45) is 0 Å².